The van der Waals surface area contributed by atoms with Crippen molar-refractivity contribution in [3.05, 3.63) is 29.3 Å². The molecule has 0 aliphatic heterocycles. The Labute approximate surface area is 121 Å². The molecule has 20 heavy (non-hydrogen) atoms. The van der Waals surface area contributed by atoms with Crippen molar-refractivity contribution in [1.29, 1.82) is 0 Å². The van der Waals surface area contributed by atoms with Crippen LogP contribution >= 0.6 is 0 Å². The minimum Gasteiger partial charge on any atom is -0.497 e. The molecule has 0 heterocycles. The van der Waals surface area contributed by atoms with Crippen LogP contribution in [-0.4, -0.2) is 24.9 Å². The summed E-state index contributed by atoms with van der Waals surface area (Å²) in [7, 11) is 1.65. The third kappa shape index (κ3) is 3.74. The number of aryl methyl sites for hydroxylation is 1. The van der Waals surface area contributed by atoms with Crippen LogP contribution < -0.4 is 4.74 Å². The van der Waals surface area contributed by atoms with Gasteiger partial charge < -0.3 is 14.6 Å². The molecule has 1 aromatic carbocycles. The lowest BCUT2D eigenvalue weighted by Crippen LogP contribution is -2.28. The highest BCUT2D eigenvalue weighted by atomic mass is 16.5. The fourth-order valence-electron chi connectivity index (χ4n) is 2.80. The fraction of sp³-hybridized carbons (Fsp3) is 0.647. The Morgan fingerprint density at radius 2 is 2.10 bits per heavy atom. The second-order valence-electron chi connectivity index (χ2n) is 5.52. The van der Waals surface area contributed by atoms with E-state index in [1.807, 2.05) is 12.1 Å². The van der Waals surface area contributed by atoms with Crippen molar-refractivity contribution in [3.63, 3.8) is 0 Å². The lowest BCUT2D eigenvalue weighted by molar-refractivity contribution is -0.0494. The van der Waals surface area contributed by atoms with E-state index in [9.17, 15) is 5.11 Å². The largest absolute Gasteiger partial charge is 0.497 e. The van der Waals surface area contributed by atoms with Crippen LogP contribution in [0.25, 0.3) is 0 Å². The summed E-state index contributed by atoms with van der Waals surface area (Å²) in [4.78, 5) is 0. The smallest absolute Gasteiger partial charge is 0.119 e. The standard InChI is InChI=1S/C17H26O3/c1-3-4-5-6-11-20-16-10-8-13-7-9-14(19-2)12-15(13)17(16)18/h7,9,12,16-18H,3-6,8,10-11H2,1-2H3. The molecule has 0 saturated heterocycles. The molecule has 0 fully saturated rings. The van der Waals surface area contributed by atoms with Gasteiger partial charge in [0, 0.05) is 6.61 Å². The van der Waals surface area contributed by atoms with Crippen molar-refractivity contribution in [3.8, 4) is 5.75 Å². The Kier molecular flexibility index (Phi) is 5.86. The highest BCUT2D eigenvalue weighted by Crippen LogP contribution is 2.34. The Morgan fingerprint density at radius 1 is 1.25 bits per heavy atom. The minimum atomic E-state index is -0.528. The van der Waals surface area contributed by atoms with E-state index >= 15 is 0 Å². The van der Waals surface area contributed by atoms with Crippen LogP contribution in [0.5, 0.6) is 5.75 Å². The van der Waals surface area contributed by atoms with E-state index in [0.717, 1.165) is 37.2 Å². The molecule has 0 aromatic heterocycles. The van der Waals surface area contributed by atoms with E-state index in [0.29, 0.717) is 0 Å². The lowest BCUT2D eigenvalue weighted by atomic mass is 9.87. The van der Waals surface area contributed by atoms with Crippen molar-refractivity contribution in [2.45, 2.75) is 57.7 Å². The normalized spacial score (nSPS) is 21.6. The van der Waals surface area contributed by atoms with Crippen molar-refractivity contribution in [2.24, 2.45) is 0 Å². The van der Waals surface area contributed by atoms with Crippen molar-refractivity contribution in [1.82, 2.24) is 0 Å². The van der Waals surface area contributed by atoms with Crippen LogP contribution in [0.3, 0.4) is 0 Å². The average Bonchev–Trinajstić information content (AvgIpc) is 2.49. The molecule has 2 unspecified atom stereocenters. The maximum atomic E-state index is 10.5. The number of fused-ring (bicyclic) bond motifs is 1. The zero-order valence-corrected chi connectivity index (χ0v) is 12.6. The van der Waals surface area contributed by atoms with Crippen LogP contribution in [0.15, 0.2) is 18.2 Å². The Balaban J connectivity index is 1.91. The average molecular weight is 278 g/mol. The molecule has 0 radical (unpaired) electrons. The van der Waals surface area contributed by atoms with Crippen molar-refractivity contribution in [2.75, 3.05) is 13.7 Å². The summed E-state index contributed by atoms with van der Waals surface area (Å²) in [6.07, 6.45) is 6.06. The highest BCUT2D eigenvalue weighted by Gasteiger charge is 2.28. The van der Waals surface area contributed by atoms with E-state index in [1.165, 1.54) is 24.8 Å². The Morgan fingerprint density at radius 3 is 2.85 bits per heavy atom. The summed E-state index contributed by atoms with van der Waals surface area (Å²) in [6, 6.07) is 5.94. The molecule has 1 aromatic rings. The number of hydrogen-bond acceptors (Lipinski definition) is 3. The molecule has 0 spiro atoms. The maximum Gasteiger partial charge on any atom is 0.119 e. The first-order chi connectivity index (χ1) is 9.76. The van der Waals surface area contributed by atoms with E-state index in [2.05, 4.69) is 13.0 Å². The molecular weight excluding hydrogens is 252 g/mol. The maximum absolute atomic E-state index is 10.5. The highest BCUT2D eigenvalue weighted by molar-refractivity contribution is 5.39. The van der Waals surface area contributed by atoms with Gasteiger partial charge in [0.05, 0.1) is 13.2 Å². The van der Waals surface area contributed by atoms with Gasteiger partial charge in [-0.2, -0.15) is 0 Å². The molecule has 3 nitrogen and oxygen atoms in total. The molecular formula is C17H26O3. The third-order valence-corrected chi connectivity index (χ3v) is 4.05. The topological polar surface area (TPSA) is 38.7 Å². The Hall–Kier alpha value is -1.06. The SMILES string of the molecule is CCCCCCOC1CCc2ccc(OC)cc2C1O. The summed E-state index contributed by atoms with van der Waals surface area (Å²) in [6.45, 7) is 2.96. The van der Waals surface area contributed by atoms with Gasteiger partial charge in [0.15, 0.2) is 0 Å². The van der Waals surface area contributed by atoms with Crippen LogP contribution in [0, 0.1) is 0 Å². The molecule has 2 atom stereocenters. The molecule has 112 valence electrons. The first-order valence-electron chi connectivity index (χ1n) is 7.72. The van der Waals surface area contributed by atoms with Crippen LogP contribution in [0.2, 0.25) is 0 Å². The van der Waals surface area contributed by atoms with Gasteiger partial charge in [-0.05, 0) is 42.5 Å². The summed E-state index contributed by atoms with van der Waals surface area (Å²) >= 11 is 0. The molecule has 1 aliphatic carbocycles. The number of unbranched alkanes of at least 4 members (excludes halogenated alkanes) is 3. The molecule has 0 amide bonds. The van der Waals surface area contributed by atoms with E-state index in [-0.39, 0.29) is 6.10 Å². The van der Waals surface area contributed by atoms with Gasteiger partial charge in [0.25, 0.3) is 0 Å². The van der Waals surface area contributed by atoms with Gasteiger partial charge in [-0.25, -0.2) is 0 Å². The van der Waals surface area contributed by atoms with Gasteiger partial charge in [-0.15, -0.1) is 0 Å². The zero-order valence-electron chi connectivity index (χ0n) is 12.6. The van der Waals surface area contributed by atoms with Crippen LogP contribution in [0.4, 0.5) is 0 Å². The van der Waals surface area contributed by atoms with Gasteiger partial charge in [0.2, 0.25) is 0 Å². The molecule has 1 N–H and O–H groups in total. The van der Waals surface area contributed by atoms with Gasteiger partial charge in [0.1, 0.15) is 11.9 Å². The van der Waals surface area contributed by atoms with E-state index < -0.39 is 6.10 Å². The number of hydrogen-bond donors (Lipinski definition) is 1. The van der Waals surface area contributed by atoms with Gasteiger partial charge in [-0.3, -0.25) is 0 Å². The van der Waals surface area contributed by atoms with Gasteiger partial charge >= 0.3 is 0 Å². The van der Waals surface area contributed by atoms with Crippen molar-refractivity contribution >= 4 is 0 Å². The number of benzene rings is 1. The predicted molar refractivity (Wildman–Crippen MR) is 80.2 cm³/mol. The molecule has 1 aliphatic rings. The van der Waals surface area contributed by atoms with E-state index in [4.69, 9.17) is 9.47 Å². The summed E-state index contributed by atoms with van der Waals surface area (Å²) < 4.78 is 11.1. The summed E-state index contributed by atoms with van der Waals surface area (Å²) in [5.74, 6) is 0.798. The van der Waals surface area contributed by atoms with Crippen LogP contribution in [0.1, 0.15) is 56.3 Å². The number of methoxy groups -OCH3 is 1. The van der Waals surface area contributed by atoms with Crippen LogP contribution in [-0.2, 0) is 11.2 Å². The third-order valence-electron chi connectivity index (χ3n) is 4.05. The summed E-state index contributed by atoms with van der Waals surface area (Å²) in [5, 5.41) is 10.5. The second kappa shape index (κ2) is 7.65. The van der Waals surface area contributed by atoms with Crippen molar-refractivity contribution < 1.29 is 14.6 Å². The minimum absolute atomic E-state index is 0.0729. The lowest BCUT2D eigenvalue weighted by Gasteiger charge is -2.30. The predicted octanol–water partition coefficient (Wildman–Crippen LogP) is 3.64. The summed E-state index contributed by atoms with van der Waals surface area (Å²) in [5.41, 5.74) is 2.18. The first-order valence-corrected chi connectivity index (χ1v) is 7.72. The monoisotopic (exact) mass is 278 g/mol. The fourth-order valence-corrected chi connectivity index (χ4v) is 2.80. The molecule has 2 rings (SSSR count). The molecule has 3 heteroatoms. The van der Waals surface area contributed by atoms with E-state index in [1.54, 1.807) is 7.11 Å². The number of aliphatic hydroxyl groups is 1. The number of rotatable bonds is 7. The number of aliphatic hydroxyl groups excluding tert-OH is 1. The first kappa shape index (κ1) is 15.3. The van der Waals surface area contributed by atoms with Gasteiger partial charge in [-0.1, -0.05) is 32.3 Å². The quantitative estimate of drug-likeness (QED) is 0.774. The number of ether oxygens (including phenoxy) is 2. The zero-order chi connectivity index (χ0) is 14.4. The molecule has 0 bridgehead atoms. The molecule has 0 saturated carbocycles. The second-order valence-corrected chi connectivity index (χ2v) is 5.52. The Bertz CT molecular complexity index is 417.